The van der Waals surface area contributed by atoms with Crippen LogP contribution in [-0.4, -0.2) is 51.3 Å². The van der Waals surface area contributed by atoms with Gasteiger partial charge in [0.2, 0.25) is 5.91 Å². The van der Waals surface area contributed by atoms with E-state index < -0.39 is 0 Å². The van der Waals surface area contributed by atoms with Crippen molar-refractivity contribution in [2.75, 3.05) is 26.2 Å². The predicted octanol–water partition coefficient (Wildman–Crippen LogP) is 3.30. The molecule has 0 radical (unpaired) electrons. The average Bonchev–Trinajstić information content (AvgIpc) is 3.07. The number of carbonyl (C=O) groups excluding carboxylic acids is 1. The van der Waals surface area contributed by atoms with Gasteiger partial charge in [-0.15, -0.1) is 0 Å². The molecule has 1 aromatic carbocycles. The van der Waals surface area contributed by atoms with Crippen molar-refractivity contribution in [3.05, 3.63) is 40.8 Å². The molecule has 0 saturated carbocycles. The van der Waals surface area contributed by atoms with Gasteiger partial charge in [0.05, 0.1) is 6.20 Å². The Morgan fingerprint density at radius 1 is 1.03 bits per heavy atom. The van der Waals surface area contributed by atoms with Crippen LogP contribution in [0, 0.1) is 0 Å². The number of aryl methyl sites for hydroxylation is 1. The topological polar surface area (TPSA) is 72.2 Å². The molecule has 0 aliphatic rings. The summed E-state index contributed by atoms with van der Waals surface area (Å²) in [6.45, 7) is 8.20. The lowest BCUT2D eigenvalue weighted by atomic mass is 10.2. The Hall–Kier alpha value is -2.67. The molecule has 31 heavy (non-hydrogen) atoms. The van der Waals surface area contributed by atoms with Crippen LogP contribution in [0.25, 0.3) is 21.8 Å². The Kier molecular flexibility index (Phi) is 8.23. The first kappa shape index (κ1) is 23.0. The maximum absolute atomic E-state index is 13.0. The first-order valence-corrected chi connectivity index (χ1v) is 11.5. The number of rotatable bonds is 12. The second-order valence-corrected chi connectivity index (χ2v) is 8.20. The molecule has 1 amide bonds. The zero-order valence-corrected chi connectivity index (χ0v) is 19.1. The average molecular weight is 426 g/mol. The highest BCUT2D eigenvalue weighted by Crippen LogP contribution is 2.24. The number of fused-ring (bicyclic) bond motifs is 3. The van der Waals surface area contributed by atoms with Gasteiger partial charge in [0, 0.05) is 29.9 Å². The highest BCUT2D eigenvalue weighted by molar-refractivity contribution is 6.07. The monoisotopic (exact) mass is 425 g/mol. The summed E-state index contributed by atoms with van der Waals surface area (Å²) in [7, 11) is 1.87. The summed E-state index contributed by atoms with van der Waals surface area (Å²) >= 11 is 0. The van der Waals surface area contributed by atoms with E-state index in [2.05, 4.69) is 29.2 Å². The maximum atomic E-state index is 13.0. The number of para-hydroxylation sites is 1. The fourth-order valence-corrected chi connectivity index (χ4v) is 4.05. The zero-order chi connectivity index (χ0) is 22.2. The van der Waals surface area contributed by atoms with Crippen molar-refractivity contribution in [2.24, 2.45) is 7.05 Å². The van der Waals surface area contributed by atoms with Crippen LogP contribution >= 0.6 is 0 Å². The van der Waals surface area contributed by atoms with Crippen LogP contribution in [0.2, 0.25) is 0 Å². The fourth-order valence-electron chi connectivity index (χ4n) is 4.05. The van der Waals surface area contributed by atoms with Gasteiger partial charge in [0.1, 0.15) is 12.1 Å². The van der Waals surface area contributed by atoms with E-state index in [9.17, 15) is 9.59 Å². The summed E-state index contributed by atoms with van der Waals surface area (Å²) < 4.78 is 3.13. The fraction of sp³-hybridized carbons (Fsp3) is 0.542. The summed E-state index contributed by atoms with van der Waals surface area (Å²) in [6.07, 6.45) is 7.41. The Labute approximate surface area is 184 Å². The Bertz CT molecular complexity index is 1060. The number of carbonyl (C=O) groups is 1. The van der Waals surface area contributed by atoms with Gasteiger partial charge in [-0.1, -0.05) is 44.9 Å². The third-order valence-electron chi connectivity index (χ3n) is 5.83. The molecule has 168 valence electrons. The van der Waals surface area contributed by atoms with Gasteiger partial charge in [0.25, 0.3) is 5.56 Å². The lowest BCUT2D eigenvalue weighted by molar-refractivity contribution is -0.121. The molecule has 0 saturated heterocycles. The van der Waals surface area contributed by atoms with Gasteiger partial charge in [-0.3, -0.25) is 9.59 Å². The predicted molar refractivity (Wildman–Crippen MR) is 126 cm³/mol. The molecule has 0 fully saturated rings. The van der Waals surface area contributed by atoms with E-state index in [4.69, 9.17) is 0 Å². The quantitative estimate of drug-likeness (QED) is 0.452. The number of hydrogen-bond acceptors (Lipinski definition) is 4. The van der Waals surface area contributed by atoms with E-state index in [1.807, 2.05) is 35.9 Å². The minimum atomic E-state index is -0.239. The number of nitrogens with one attached hydrogen (secondary N) is 1. The highest BCUT2D eigenvalue weighted by Gasteiger charge is 2.15. The summed E-state index contributed by atoms with van der Waals surface area (Å²) in [4.78, 5) is 27.9. The van der Waals surface area contributed by atoms with E-state index in [0.29, 0.717) is 12.1 Å². The van der Waals surface area contributed by atoms with Crippen LogP contribution in [0.1, 0.15) is 46.0 Å². The normalized spacial score (nSPS) is 11.6. The number of nitrogens with zero attached hydrogens (tertiary/aromatic N) is 4. The van der Waals surface area contributed by atoms with Crippen LogP contribution < -0.4 is 10.9 Å². The lowest BCUT2D eigenvalue weighted by Crippen LogP contribution is -2.35. The van der Waals surface area contributed by atoms with Crippen molar-refractivity contribution in [1.29, 1.82) is 0 Å². The van der Waals surface area contributed by atoms with Gasteiger partial charge < -0.3 is 14.8 Å². The molecule has 1 N–H and O–H groups in total. The van der Waals surface area contributed by atoms with Crippen LogP contribution in [-0.2, 0) is 18.4 Å². The molecule has 7 nitrogen and oxygen atoms in total. The second-order valence-electron chi connectivity index (χ2n) is 8.20. The number of benzene rings is 1. The molecule has 0 spiro atoms. The third kappa shape index (κ3) is 5.53. The van der Waals surface area contributed by atoms with Crippen LogP contribution in [0.5, 0.6) is 0 Å². The van der Waals surface area contributed by atoms with Gasteiger partial charge >= 0.3 is 0 Å². The Morgan fingerprint density at radius 2 is 1.71 bits per heavy atom. The molecular weight excluding hydrogens is 390 g/mol. The molecule has 0 unspecified atom stereocenters. The number of unbranched alkanes of at least 4 members (excludes halogenated alkanes) is 2. The van der Waals surface area contributed by atoms with Gasteiger partial charge in [-0.2, -0.15) is 5.10 Å². The molecule has 0 atom stereocenters. The highest BCUT2D eigenvalue weighted by atomic mass is 16.2. The number of hydrogen-bond donors (Lipinski definition) is 1. The van der Waals surface area contributed by atoms with E-state index in [-0.39, 0.29) is 18.0 Å². The lowest BCUT2D eigenvalue weighted by Gasteiger charge is -2.21. The van der Waals surface area contributed by atoms with E-state index in [1.54, 1.807) is 6.20 Å². The van der Waals surface area contributed by atoms with Gasteiger partial charge in [0.15, 0.2) is 0 Å². The standard InChI is InChI=1S/C24H35N5O2/c1-4-6-14-28(15-7-5-2)16-10-13-25-22(30)18-29-24(31)23-20(17-26-29)19-11-8-9-12-21(19)27(23)3/h8-9,11-12,17H,4-7,10,13-16,18H2,1-3H3,(H,25,30). The van der Waals surface area contributed by atoms with Crippen molar-refractivity contribution >= 4 is 27.7 Å². The van der Waals surface area contributed by atoms with Crippen LogP contribution in [0.3, 0.4) is 0 Å². The Balaban J connectivity index is 1.58. The number of amides is 1. The van der Waals surface area contributed by atoms with Crippen molar-refractivity contribution in [3.8, 4) is 0 Å². The molecule has 0 bridgehead atoms. The van der Waals surface area contributed by atoms with E-state index in [1.165, 1.54) is 30.4 Å². The van der Waals surface area contributed by atoms with E-state index >= 15 is 0 Å². The van der Waals surface area contributed by atoms with Crippen LogP contribution in [0.15, 0.2) is 35.3 Å². The largest absolute Gasteiger partial charge is 0.354 e. The van der Waals surface area contributed by atoms with Crippen LogP contribution in [0.4, 0.5) is 0 Å². The zero-order valence-electron chi connectivity index (χ0n) is 19.1. The minimum absolute atomic E-state index is 0.0638. The van der Waals surface area contributed by atoms with Crippen molar-refractivity contribution in [1.82, 2.24) is 24.6 Å². The summed E-state index contributed by atoms with van der Waals surface area (Å²) in [5, 5.41) is 9.01. The van der Waals surface area contributed by atoms with Crippen molar-refractivity contribution in [2.45, 2.75) is 52.5 Å². The van der Waals surface area contributed by atoms with Crippen molar-refractivity contribution in [3.63, 3.8) is 0 Å². The number of aromatic nitrogens is 3. The summed E-state index contributed by atoms with van der Waals surface area (Å²) in [5.74, 6) is -0.179. The van der Waals surface area contributed by atoms with Gasteiger partial charge in [-0.25, -0.2) is 4.68 Å². The Morgan fingerprint density at radius 3 is 2.42 bits per heavy atom. The molecule has 0 aliphatic heterocycles. The van der Waals surface area contributed by atoms with E-state index in [0.717, 1.165) is 42.3 Å². The molecule has 7 heteroatoms. The smallest absolute Gasteiger partial charge is 0.291 e. The molecular formula is C24H35N5O2. The second kappa shape index (κ2) is 11.1. The minimum Gasteiger partial charge on any atom is -0.354 e. The summed E-state index contributed by atoms with van der Waals surface area (Å²) in [6, 6.07) is 7.87. The van der Waals surface area contributed by atoms with Gasteiger partial charge in [-0.05, 0) is 45.0 Å². The summed E-state index contributed by atoms with van der Waals surface area (Å²) in [5.41, 5.74) is 1.32. The first-order chi connectivity index (χ1) is 15.1. The molecule has 2 aromatic heterocycles. The first-order valence-electron chi connectivity index (χ1n) is 11.5. The third-order valence-corrected chi connectivity index (χ3v) is 5.83. The SMILES string of the molecule is CCCCN(CCCC)CCCNC(=O)Cn1ncc2c3ccccc3n(C)c2c1=O. The maximum Gasteiger partial charge on any atom is 0.291 e. The van der Waals surface area contributed by atoms with Crippen molar-refractivity contribution < 1.29 is 4.79 Å². The molecule has 0 aliphatic carbocycles. The molecule has 3 rings (SSSR count). The molecule has 2 heterocycles. The molecule has 3 aromatic rings.